The first-order chi connectivity index (χ1) is 10.2. The van der Waals surface area contributed by atoms with Crippen molar-refractivity contribution >= 4 is 5.91 Å². The molecule has 1 aromatic carbocycles. The Morgan fingerprint density at radius 2 is 2.00 bits per heavy atom. The number of carbonyl (C=O) groups is 1. The number of carbonyl (C=O) groups excluding carboxylic acids is 1. The maximum absolute atomic E-state index is 12.4. The molecule has 1 aromatic rings. The first-order valence-corrected chi connectivity index (χ1v) is 8.35. The molecule has 2 N–H and O–H groups in total. The average Bonchev–Trinajstić information content (AvgIpc) is 3.31. The Morgan fingerprint density at radius 1 is 1.24 bits per heavy atom. The van der Waals surface area contributed by atoms with Crippen molar-refractivity contribution in [3.63, 3.8) is 0 Å². The van der Waals surface area contributed by atoms with E-state index in [0.717, 1.165) is 31.7 Å². The summed E-state index contributed by atoms with van der Waals surface area (Å²) in [7, 11) is 0. The molecule has 3 rings (SSSR count). The van der Waals surface area contributed by atoms with Gasteiger partial charge in [-0.2, -0.15) is 0 Å². The van der Waals surface area contributed by atoms with E-state index in [1.54, 1.807) is 0 Å². The predicted octanol–water partition coefficient (Wildman–Crippen LogP) is 3.35. The van der Waals surface area contributed by atoms with E-state index in [1.165, 1.54) is 24.0 Å². The number of amides is 1. The topological polar surface area (TPSA) is 46.3 Å². The highest BCUT2D eigenvalue weighted by molar-refractivity contribution is 5.77. The third-order valence-electron chi connectivity index (χ3n) is 4.76. The molecular weight excluding hydrogens is 260 g/mol. The van der Waals surface area contributed by atoms with Crippen LogP contribution in [-0.4, -0.2) is 23.4 Å². The van der Waals surface area contributed by atoms with E-state index in [-0.39, 0.29) is 18.0 Å². The lowest BCUT2D eigenvalue weighted by atomic mass is 9.94. The van der Waals surface area contributed by atoms with Crippen molar-refractivity contribution in [1.29, 1.82) is 0 Å². The second-order valence-corrected chi connectivity index (χ2v) is 6.53. The summed E-state index contributed by atoms with van der Waals surface area (Å²) >= 11 is 0. The molecule has 21 heavy (non-hydrogen) atoms. The first-order valence-electron chi connectivity index (χ1n) is 8.35. The zero-order chi connectivity index (χ0) is 14.8. The van der Waals surface area contributed by atoms with Crippen molar-refractivity contribution in [2.24, 2.45) is 5.73 Å². The van der Waals surface area contributed by atoms with Gasteiger partial charge in [0, 0.05) is 19.0 Å². The molecule has 1 aliphatic carbocycles. The maximum Gasteiger partial charge on any atom is 0.223 e. The van der Waals surface area contributed by atoms with Gasteiger partial charge in [-0.25, -0.2) is 0 Å². The zero-order valence-corrected chi connectivity index (χ0v) is 12.9. The summed E-state index contributed by atoms with van der Waals surface area (Å²) in [5, 5.41) is 0. The number of nitrogens with two attached hydrogens (primary N) is 1. The number of hydrogen-bond acceptors (Lipinski definition) is 2. The number of likely N-dealkylation sites (tertiary alicyclic amines) is 1. The monoisotopic (exact) mass is 286 g/mol. The summed E-state index contributed by atoms with van der Waals surface area (Å²) in [6, 6.07) is 8.90. The van der Waals surface area contributed by atoms with Gasteiger partial charge >= 0.3 is 0 Å². The summed E-state index contributed by atoms with van der Waals surface area (Å²) in [4.78, 5) is 14.5. The van der Waals surface area contributed by atoms with Crippen LogP contribution in [0.2, 0.25) is 0 Å². The average molecular weight is 286 g/mol. The number of rotatable bonds is 4. The molecule has 3 heteroatoms. The minimum absolute atomic E-state index is 0.0532. The molecule has 2 aliphatic rings. The molecule has 1 amide bonds. The van der Waals surface area contributed by atoms with Gasteiger partial charge in [-0.05, 0) is 49.1 Å². The van der Waals surface area contributed by atoms with Crippen LogP contribution in [0, 0.1) is 0 Å². The first kappa shape index (κ1) is 14.6. The van der Waals surface area contributed by atoms with Crippen LogP contribution in [0.15, 0.2) is 24.3 Å². The smallest absolute Gasteiger partial charge is 0.223 e. The van der Waals surface area contributed by atoms with E-state index in [4.69, 9.17) is 5.73 Å². The van der Waals surface area contributed by atoms with Gasteiger partial charge in [0.25, 0.3) is 0 Å². The van der Waals surface area contributed by atoms with Gasteiger partial charge < -0.3 is 10.6 Å². The van der Waals surface area contributed by atoms with E-state index < -0.39 is 0 Å². The van der Waals surface area contributed by atoms with Crippen molar-refractivity contribution in [3.05, 3.63) is 35.4 Å². The van der Waals surface area contributed by atoms with E-state index in [1.807, 2.05) is 4.90 Å². The molecule has 114 valence electrons. The molecule has 1 aliphatic heterocycles. The molecule has 2 unspecified atom stereocenters. The third-order valence-corrected chi connectivity index (χ3v) is 4.76. The van der Waals surface area contributed by atoms with Crippen LogP contribution in [0.4, 0.5) is 0 Å². The van der Waals surface area contributed by atoms with Gasteiger partial charge in [0.05, 0.1) is 6.04 Å². The fraction of sp³-hybridized carbons (Fsp3) is 0.611. The van der Waals surface area contributed by atoms with Crippen molar-refractivity contribution < 1.29 is 4.79 Å². The summed E-state index contributed by atoms with van der Waals surface area (Å²) < 4.78 is 0. The lowest BCUT2D eigenvalue weighted by Gasteiger charge is -2.34. The normalized spacial score (nSPS) is 26.8. The Bertz CT molecular complexity index is 510. The summed E-state index contributed by atoms with van der Waals surface area (Å²) in [5.74, 6) is 1.01. The van der Waals surface area contributed by atoms with Gasteiger partial charge in [0.1, 0.15) is 0 Å². The third kappa shape index (κ3) is 3.13. The van der Waals surface area contributed by atoms with Crippen LogP contribution in [0.3, 0.4) is 0 Å². The SMILES string of the molecule is CCCN1C(=O)CCCC(N)C1c1cccc(C2CC2)c1. The highest BCUT2D eigenvalue weighted by atomic mass is 16.2. The highest BCUT2D eigenvalue weighted by Gasteiger charge is 2.33. The summed E-state index contributed by atoms with van der Waals surface area (Å²) in [6.45, 7) is 2.94. The van der Waals surface area contributed by atoms with E-state index in [9.17, 15) is 4.79 Å². The molecule has 1 heterocycles. The van der Waals surface area contributed by atoms with E-state index in [2.05, 4.69) is 31.2 Å². The van der Waals surface area contributed by atoms with Crippen LogP contribution < -0.4 is 5.73 Å². The van der Waals surface area contributed by atoms with Gasteiger partial charge in [-0.15, -0.1) is 0 Å². The molecule has 2 fully saturated rings. The highest BCUT2D eigenvalue weighted by Crippen LogP contribution is 2.41. The summed E-state index contributed by atoms with van der Waals surface area (Å²) in [6.07, 6.45) is 6.09. The quantitative estimate of drug-likeness (QED) is 0.922. The Kier molecular flexibility index (Phi) is 4.29. The largest absolute Gasteiger partial charge is 0.334 e. The molecule has 0 aromatic heterocycles. The maximum atomic E-state index is 12.4. The molecular formula is C18H26N2O. The molecule has 2 atom stereocenters. The minimum Gasteiger partial charge on any atom is -0.334 e. The summed E-state index contributed by atoms with van der Waals surface area (Å²) in [5.41, 5.74) is 9.10. The lowest BCUT2D eigenvalue weighted by molar-refractivity contribution is -0.133. The van der Waals surface area contributed by atoms with Crippen LogP contribution >= 0.6 is 0 Å². The molecule has 3 nitrogen and oxygen atoms in total. The number of hydrogen-bond donors (Lipinski definition) is 1. The Hall–Kier alpha value is -1.35. The second-order valence-electron chi connectivity index (χ2n) is 6.53. The molecule has 1 saturated carbocycles. The standard InChI is InChI=1S/C18H26N2O/c1-2-11-20-17(21)8-4-7-16(19)18(20)15-6-3-5-14(12-15)13-9-10-13/h3,5-6,12-13,16,18H,2,4,7-11,19H2,1H3. The minimum atomic E-state index is 0.0532. The van der Waals surface area contributed by atoms with Gasteiger partial charge in [0.2, 0.25) is 5.91 Å². The fourth-order valence-electron chi connectivity index (χ4n) is 3.52. The van der Waals surface area contributed by atoms with Crippen LogP contribution in [-0.2, 0) is 4.79 Å². The molecule has 0 radical (unpaired) electrons. The van der Waals surface area contributed by atoms with Crippen molar-refractivity contribution in [2.45, 2.75) is 63.5 Å². The lowest BCUT2D eigenvalue weighted by Crippen LogP contribution is -2.42. The predicted molar refractivity (Wildman–Crippen MR) is 85.0 cm³/mol. The van der Waals surface area contributed by atoms with Crippen molar-refractivity contribution in [1.82, 2.24) is 4.90 Å². The number of benzene rings is 1. The Morgan fingerprint density at radius 3 is 2.71 bits per heavy atom. The molecule has 0 spiro atoms. The second kappa shape index (κ2) is 6.18. The van der Waals surface area contributed by atoms with Crippen LogP contribution in [0.1, 0.15) is 68.5 Å². The Balaban J connectivity index is 1.93. The molecule has 1 saturated heterocycles. The number of nitrogens with zero attached hydrogens (tertiary/aromatic N) is 1. The van der Waals surface area contributed by atoms with E-state index in [0.29, 0.717) is 6.42 Å². The van der Waals surface area contributed by atoms with Crippen LogP contribution in [0.25, 0.3) is 0 Å². The van der Waals surface area contributed by atoms with Crippen molar-refractivity contribution in [3.8, 4) is 0 Å². The zero-order valence-electron chi connectivity index (χ0n) is 12.9. The fourth-order valence-corrected chi connectivity index (χ4v) is 3.52. The molecule has 0 bridgehead atoms. The Labute approximate surface area is 127 Å². The van der Waals surface area contributed by atoms with E-state index >= 15 is 0 Å². The van der Waals surface area contributed by atoms with Gasteiger partial charge in [-0.1, -0.05) is 31.2 Å². The van der Waals surface area contributed by atoms with Gasteiger partial charge in [-0.3, -0.25) is 4.79 Å². The van der Waals surface area contributed by atoms with Gasteiger partial charge in [0.15, 0.2) is 0 Å². The van der Waals surface area contributed by atoms with Crippen LogP contribution in [0.5, 0.6) is 0 Å². The van der Waals surface area contributed by atoms with Crippen molar-refractivity contribution in [2.75, 3.05) is 6.54 Å².